The van der Waals surface area contributed by atoms with Gasteiger partial charge in [-0.15, -0.1) is 0 Å². The monoisotopic (exact) mass is 317 g/mol. The van der Waals surface area contributed by atoms with E-state index in [1.807, 2.05) is 42.5 Å². The lowest BCUT2D eigenvalue weighted by Gasteiger charge is -2.36. The number of allylic oxidation sites excluding steroid dienone is 1. The van der Waals surface area contributed by atoms with Crippen LogP contribution in [0.15, 0.2) is 48.1 Å². The molecule has 24 heavy (non-hydrogen) atoms. The minimum absolute atomic E-state index is 0.285. The van der Waals surface area contributed by atoms with Crippen LogP contribution in [0.25, 0.3) is 6.08 Å². The molecule has 122 valence electrons. The maximum Gasteiger partial charge on any atom is 0.168 e. The van der Waals surface area contributed by atoms with Crippen molar-refractivity contribution < 1.29 is 0 Å². The molecule has 0 saturated carbocycles. The van der Waals surface area contributed by atoms with E-state index in [4.69, 9.17) is 0 Å². The van der Waals surface area contributed by atoms with Crippen molar-refractivity contribution in [2.75, 3.05) is 0 Å². The summed E-state index contributed by atoms with van der Waals surface area (Å²) < 4.78 is 0. The zero-order valence-electron chi connectivity index (χ0n) is 14.1. The maximum atomic E-state index is 9.86. The fraction of sp³-hybridized carbons (Fsp3) is 0.429. The van der Waals surface area contributed by atoms with Crippen LogP contribution in [-0.4, -0.2) is 12.1 Å². The van der Waals surface area contributed by atoms with E-state index in [-0.39, 0.29) is 5.92 Å². The van der Waals surface area contributed by atoms with Gasteiger partial charge in [0.25, 0.3) is 0 Å². The highest BCUT2D eigenvalue weighted by atomic mass is 15.0. The minimum Gasteiger partial charge on any atom is -0.307 e. The second kappa shape index (κ2) is 7.04. The van der Waals surface area contributed by atoms with Crippen LogP contribution in [0.4, 0.5) is 0 Å². The summed E-state index contributed by atoms with van der Waals surface area (Å²) in [5, 5.41) is 23.3. The quantitative estimate of drug-likeness (QED) is 0.828. The minimum atomic E-state index is -1.05. The first-order valence-electron chi connectivity index (χ1n) is 8.74. The molecule has 2 aliphatic rings. The molecule has 0 amide bonds. The standard InChI is InChI=1S/C21H23N3/c1-2-18-19(13-17-10-11-20(18)24-17)21(14-22,15-23)12-6-9-16-7-4-3-5-8-16/h3-9,13,17-18,20,24H,2,10-12H2,1H3/b9-6+/t17-,18-,20+/m1/s1. The smallest absolute Gasteiger partial charge is 0.168 e. The number of hydrogen-bond donors (Lipinski definition) is 1. The molecule has 1 fully saturated rings. The Balaban J connectivity index is 1.87. The second-order valence-electron chi connectivity index (χ2n) is 6.74. The van der Waals surface area contributed by atoms with Crippen molar-refractivity contribution in [1.82, 2.24) is 5.32 Å². The first-order valence-corrected chi connectivity index (χ1v) is 8.74. The highest BCUT2D eigenvalue weighted by Crippen LogP contribution is 2.44. The van der Waals surface area contributed by atoms with Crippen LogP contribution in [0.3, 0.4) is 0 Å². The average Bonchev–Trinajstić information content (AvgIpc) is 3.01. The zero-order chi connectivity index (χ0) is 17.0. The van der Waals surface area contributed by atoms with Crippen molar-refractivity contribution in [3.63, 3.8) is 0 Å². The van der Waals surface area contributed by atoms with E-state index in [2.05, 4.69) is 30.5 Å². The Morgan fingerprint density at radius 1 is 1.21 bits per heavy atom. The summed E-state index contributed by atoms with van der Waals surface area (Å²) in [5.41, 5.74) is 1.09. The van der Waals surface area contributed by atoms with Crippen molar-refractivity contribution >= 4 is 6.08 Å². The molecule has 0 radical (unpaired) electrons. The molecule has 0 aliphatic carbocycles. The second-order valence-corrected chi connectivity index (χ2v) is 6.74. The number of nitrogens with zero attached hydrogens (tertiary/aromatic N) is 2. The molecule has 3 rings (SSSR count). The van der Waals surface area contributed by atoms with Crippen LogP contribution in [0.1, 0.15) is 38.2 Å². The number of benzene rings is 1. The van der Waals surface area contributed by atoms with Crippen LogP contribution >= 0.6 is 0 Å². The molecule has 3 heteroatoms. The summed E-state index contributed by atoms with van der Waals surface area (Å²) in [7, 11) is 0. The van der Waals surface area contributed by atoms with Gasteiger partial charge in [-0.3, -0.25) is 0 Å². The van der Waals surface area contributed by atoms with Gasteiger partial charge in [0, 0.05) is 18.5 Å². The Morgan fingerprint density at radius 2 is 1.96 bits per heavy atom. The van der Waals surface area contributed by atoms with Gasteiger partial charge in [-0.1, -0.05) is 55.5 Å². The number of nitriles is 2. The first-order chi connectivity index (χ1) is 11.7. The summed E-state index contributed by atoms with van der Waals surface area (Å²) >= 11 is 0. The fourth-order valence-electron chi connectivity index (χ4n) is 4.07. The van der Waals surface area contributed by atoms with Gasteiger partial charge < -0.3 is 5.32 Å². The summed E-state index contributed by atoms with van der Waals surface area (Å²) in [5.74, 6) is 0.285. The molecule has 2 heterocycles. The van der Waals surface area contributed by atoms with Gasteiger partial charge in [0.15, 0.2) is 5.41 Å². The molecular formula is C21H23N3. The molecule has 0 spiro atoms. The molecule has 1 aromatic rings. The molecule has 0 unspecified atom stereocenters. The number of nitrogens with one attached hydrogen (secondary N) is 1. The molecule has 1 aromatic carbocycles. The largest absolute Gasteiger partial charge is 0.307 e. The predicted molar refractivity (Wildman–Crippen MR) is 95.6 cm³/mol. The van der Waals surface area contributed by atoms with Crippen LogP contribution in [-0.2, 0) is 0 Å². The third-order valence-electron chi connectivity index (χ3n) is 5.33. The Morgan fingerprint density at radius 3 is 2.62 bits per heavy atom. The molecule has 3 nitrogen and oxygen atoms in total. The van der Waals surface area contributed by atoms with Crippen molar-refractivity contribution in [3.05, 3.63) is 53.6 Å². The highest BCUT2D eigenvalue weighted by Gasteiger charge is 2.45. The maximum absolute atomic E-state index is 9.86. The molecule has 3 atom stereocenters. The van der Waals surface area contributed by atoms with E-state index in [1.165, 1.54) is 0 Å². The van der Waals surface area contributed by atoms with Gasteiger partial charge in [-0.25, -0.2) is 0 Å². The van der Waals surface area contributed by atoms with Gasteiger partial charge in [0.2, 0.25) is 0 Å². The van der Waals surface area contributed by atoms with E-state index in [0.717, 1.165) is 30.4 Å². The SMILES string of the molecule is CC[C@@H]1C(C(C#N)(C#N)C/C=C/c2ccccc2)=C[C@H]2CC[C@@H]1N2. The normalized spacial score (nSPS) is 26.0. The lowest BCUT2D eigenvalue weighted by Crippen LogP contribution is -2.43. The Labute approximate surface area is 144 Å². The Kier molecular flexibility index (Phi) is 4.84. The summed E-state index contributed by atoms with van der Waals surface area (Å²) in [6.07, 6.45) is 9.79. The Hall–Kier alpha value is -2.36. The van der Waals surface area contributed by atoms with E-state index in [9.17, 15) is 10.5 Å². The number of fused-ring (bicyclic) bond motifs is 2. The summed E-state index contributed by atoms with van der Waals surface area (Å²) in [6.45, 7) is 2.15. The van der Waals surface area contributed by atoms with Crippen LogP contribution in [0.2, 0.25) is 0 Å². The number of rotatable bonds is 5. The van der Waals surface area contributed by atoms with E-state index >= 15 is 0 Å². The van der Waals surface area contributed by atoms with Crippen molar-refractivity contribution in [2.45, 2.75) is 44.7 Å². The Bertz CT molecular complexity index is 704. The molecule has 1 N–H and O–H groups in total. The lowest BCUT2D eigenvalue weighted by atomic mass is 9.70. The average molecular weight is 317 g/mol. The molecule has 2 bridgehead atoms. The topological polar surface area (TPSA) is 59.6 Å². The molecule has 1 saturated heterocycles. The van der Waals surface area contributed by atoms with Crippen molar-refractivity contribution in [3.8, 4) is 12.1 Å². The van der Waals surface area contributed by atoms with Crippen LogP contribution in [0.5, 0.6) is 0 Å². The van der Waals surface area contributed by atoms with Gasteiger partial charge in [-0.2, -0.15) is 10.5 Å². The van der Waals surface area contributed by atoms with Gasteiger partial charge in [0.1, 0.15) is 0 Å². The van der Waals surface area contributed by atoms with Crippen molar-refractivity contribution in [1.29, 1.82) is 10.5 Å². The number of hydrogen-bond acceptors (Lipinski definition) is 3. The third-order valence-corrected chi connectivity index (χ3v) is 5.33. The first kappa shape index (κ1) is 16.5. The van der Waals surface area contributed by atoms with E-state index in [1.54, 1.807) is 0 Å². The summed E-state index contributed by atoms with van der Waals surface area (Å²) in [6, 6.07) is 15.4. The molecule has 2 aliphatic heterocycles. The lowest BCUT2D eigenvalue weighted by molar-refractivity contribution is 0.359. The van der Waals surface area contributed by atoms with Gasteiger partial charge in [0.05, 0.1) is 12.1 Å². The van der Waals surface area contributed by atoms with E-state index < -0.39 is 5.41 Å². The van der Waals surface area contributed by atoms with E-state index in [0.29, 0.717) is 18.5 Å². The molecular weight excluding hydrogens is 294 g/mol. The van der Waals surface area contributed by atoms with Gasteiger partial charge in [-0.05, 0) is 36.3 Å². The van der Waals surface area contributed by atoms with Crippen LogP contribution < -0.4 is 5.32 Å². The third kappa shape index (κ3) is 3.01. The predicted octanol–water partition coefficient (Wildman–Crippen LogP) is 4.21. The van der Waals surface area contributed by atoms with Crippen LogP contribution in [0, 0.1) is 34.0 Å². The molecule has 0 aromatic heterocycles. The highest BCUT2D eigenvalue weighted by molar-refractivity contribution is 5.50. The fourth-order valence-corrected chi connectivity index (χ4v) is 4.07. The summed E-state index contributed by atoms with van der Waals surface area (Å²) in [4.78, 5) is 0. The van der Waals surface area contributed by atoms with Crippen molar-refractivity contribution in [2.24, 2.45) is 11.3 Å². The van der Waals surface area contributed by atoms with Gasteiger partial charge >= 0.3 is 0 Å². The zero-order valence-corrected chi connectivity index (χ0v) is 14.1.